The van der Waals surface area contributed by atoms with Gasteiger partial charge in [-0.2, -0.15) is 0 Å². The smallest absolute Gasteiger partial charge is 0.408 e. The van der Waals surface area contributed by atoms with Gasteiger partial charge < -0.3 is 24.3 Å². The molecule has 4 aliphatic carbocycles. The Morgan fingerprint density at radius 1 is 1.02 bits per heavy atom. The van der Waals surface area contributed by atoms with Gasteiger partial charge in [-0.1, -0.05) is 27.7 Å². The Morgan fingerprint density at radius 2 is 1.76 bits per heavy atom. The Balaban J connectivity index is 1.26. The van der Waals surface area contributed by atoms with E-state index in [9.17, 15) is 19.5 Å². The molecule has 0 spiro atoms. The van der Waals surface area contributed by atoms with Crippen LogP contribution >= 0.6 is 0 Å². The van der Waals surface area contributed by atoms with Crippen molar-refractivity contribution >= 4 is 12.1 Å². The zero-order valence-corrected chi connectivity index (χ0v) is 26.5. The van der Waals surface area contributed by atoms with Gasteiger partial charge >= 0.3 is 17.7 Å². The quantitative estimate of drug-likeness (QED) is 0.387. The van der Waals surface area contributed by atoms with Gasteiger partial charge in [0.05, 0.1) is 11.9 Å². The topological polar surface area (TPSA) is 115 Å². The molecule has 4 saturated carbocycles. The fourth-order valence-corrected chi connectivity index (χ4v) is 9.56. The second-order valence-electron chi connectivity index (χ2n) is 15.6. The molecule has 2 N–H and O–H groups in total. The van der Waals surface area contributed by atoms with E-state index in [1.54, 1.807) is 27.0 Å². The average molecular weight is 586 g/mol. The molecule has 1 aromatic rings. The van der Waals surface area contributed by atoms with E-state index >= 15 is 0 Å². The molecule has 5 rings (SSSR count). The number of aliphatic hydroxyl groups is 1. The van der Waals surface area contributed by atoms with Crippen LogP contribution in [0.3, 0.4) is 0 Å². The molecule has 9 atom stereocenters. The van der Waals surface area contributed by atoms with Gasteiger partial charge in [-0.05, 0) is 125 Å². The van der Waals surface area contributed by atoms with Crippen LogP contribution in [-0.2, 0) is 14.3 Å². The predicted octanol–water partition coefficient (Wildman–Crippen LogP) is 6.34. The van der Waals surface area contributed by atoms with Crippen molar-refractivity contribution in [2.45, 2.75) is 136 Å². The van der Waals surface area contributed by atoms with Crippen LogP contribution in [0.2, 0.25) is 0 Å². The first-order valence-electron chi connectivity index (χ1n) is 16.1. The Morgan fingerprint density at radius 3 is 2.40 bits per heavy atom. The van der Waals surface area contributed by atoms with E-state index in [1.807, 2.05) is 19.9 Å². The lowest BCUT2D eigenvalue weighted by molar-refractivity contribution is -0.207. The van der Waals surface area contributed by atoms with Crippen LogP contribution < -0.4 is 10.9 Å². The van der Waals surface area contributed by atoms with Crippen molar-refractivity contribution in [1.29, 1.82) is 0 Å². The summed E-state index contributed by atoms with van der Waals surface area (Å²) in [6, 6.07) is 2.62. The molecular weight excluding hydrogens is 534 g/mol. The molecule has 4 aliphatic rings. The van der Waals surface area contributed by atoms with Crippen molar-refractivity contribution in [3.05, 3.63) is 34.4 Å². The SMILES string of the molecule is CC(C)[C@H](NC(=O)OC(C)(C)C)C(=O)O[C@H]1CC[C@@]2(C)[C@H](CC[C@@H]3[C@@H]2CC[C@]2(C)[C@@H](c4ccc(=O)oc4)CC[C@]32O)C1. The summed E-state index contributed by atoms with van der Waals surface area (Å²) in [5.41, 5.74) is -0.873. The fourth-order valence-electron chi connectivity index (χ4n) is 9.56. The van der Waals surface area contributed by atoms with Gasteiger partial charge in [-0.3, -0.25) is 0 Å². The Labute approximate surface area is 250 Å². The Kier molecular flexibility index (Phi) is 8.12. The van der Waals surface area contributed by atoms with Gasteiger partial charge in [0.1, 0.15) is 17.7 Å². The molecule has 1 amide bonds. The minimum absolute atomic E-state index is 0.0900. The molecule has 42 heavy (non-hydrogen) atoms. The minimum atomic E-state index is -0.762. The zero-order valence-electron chi connectivity index (χ0n) is 26.5. The molecule has 0 saturated heterocycles. The van der Waals surface area contributed by atoms with Crippen LogP contribution in [0.1, 0.15) is 118 Å². The number of esters is 1. The van der Waals surface area contributed by atoms with E-state index in [0.717, 1.165) is 63.4 Å². The molecule has 0 radical (unpaired) electrons. The lowest BCUT2D eigenvalue weighted by atomic mass is 9.43. The maximum atomic E-state index is 13.2. The maximum absolute atomic E-state index is 13.2. The summed E-state index contributed by atoms with van der Waals surface area (Å²) >= 11 is 0. The molecule has 0 aromatic carbocycles. The first-order valence-corrected chi connectivity index (χ1v) is 16.1. The highest BCUT2D eigenvalue weighted by atomic mass is 16.6. The highest BCUT2D eigenvalue weighted by Crippen LogP contribution is 2.70. The third kappa shape index (κ3) is 5.41. The maximum Gasteiger partial charge on any atom is 0.408 e. The number of carbonyl (C=O) groups excluding carboxylic acids is 2. The molecule has 4 fully saturated rings. The number of alkyl carbamates (subject to hydrolysis) is 1. The highest BCUT2D eigenvalue weighted by molar-refractivity contribution is 5.81. The lowest BCUT2D eigenvalue weighted by Crippen LogP contribution is -2.62. The summed E-state index contributed by atoms with van der Waals surface area (Å²) < 4.78 is 16.7. The van der Waals surface area contributed by atoms with Gasteiger partial charge in [-0.15, -0.1) is 0 Å². The van der Waals surface area contributed by atoms with Gasteiger partial charge in [0.25, 0.3) is 0 Å². The third-order valence-electron chi connectivity index (χ3n) is 11.8. The Hall–Kier alpha value is -2.35. The predicted molar refractivity (Wildman–Crippen MR) is 159 cm³/mol. The van der Waals surface area contributed by atoms with E-state index < -0.39 is 29.3 Å². The lowest BCUT2D eigenvalue weighted by Gasteiger charge is -2.63. The van der Waals surface area contributed by atoms with Gasteiger partial charge in [0.15, 0.2) is 0 Å². The van der Waals surface area contributed by atoms with Crippen LogP contribution in [0, 0.1) is 34.5 Å². The number of nitrogens with one attached hydrogen (secondary N) is 1. The number of amides is 1. The average Bonchev–Trinajstić information content (AvgIpc) is 3.18. The molecule has 1 heterocycles. The van der Waals surface area contributed by atoms with Gasteiger partial charge in [0, 0.05) is 11.5 Å². The molecule has 1 aromatic heterocycles. The van der Waals surface area contributed by atoms with E-state index in [2.05, 4.69) is 19.2 Å². The summed E-state index contributed by atoms with van der Waals surface area (Å²) in [5, 5.41) is 15.2. The van der Waals surface area contributed by atoms with E-state index in [-0.39, 0.29) is 40.3 Å². The first kappa shape index (κ1) is 31.1. The van der Waals surface area contributed by atoms with Crippen molar-refractivity contribution in [1.82, 2.24) is 5.32 Å². The van der Waals surface area contributed by atoms with E-state index in [1.165, 1.54) is 6.07 Å². The zero-order chi connectivity index (χ0) is 30.7. The molecule has 8 heteroatoms. The minimum Gasteiger partial charge on any atom is -0.461 e. The van der Waals surface area contributed by atoms with E-state index in [4.69, 9.17) is 13.9 Å². The molecule has 0 aliphatic heterocycles. The second-order valence-corrected chi connectivity index (χ2v) is 15.6. The number of carbonyl (C=O) groups is 2. The number of fused-ring (bicyclic) bond motifs is 5. The fraction of sp³-hybridized carbons (Fsp3) is 0.794. The standard InChI is InChI=1S/C34H51NO7/c1-20(2)28(35-30(38)42-31(3,4)5)29(37)41-23-12-15-32(6)22(18-23)9-10-26-25(32)13-16-33(7)24(14-17-34(26,33)39)21-8-11-27(36)40-19-21/h8,11,19-20,22-26,28,39H,9-10,12-18H2,1-7H3,(H,35,38)/t22-,23+,24-,25+,26-,28+,32+,33-,34+/m1/s1. The van der Waals surface area contributed by atoms with Crippen molar-refractivity contribution in [3.8, 4) is 0 Å². The van der Waals surface area contributed by atoms with Gasteiger partial charge in [0.2, 0.25) is 0 Å². The van der Waals surface area contributed by atoms with Crippen LogP contribution in [0.5, 0.6) is 0 Å². The molecule has 0 unspecified atom stereocenters. The van der Waals surface area contributed by atoms with E-state index in [0.29, 0.717) is 11.8 Å². The molecule has 234 valence electrons. The van der Waals surface area contributed by atoms with Crippen LogP contribution in [-0.4, -0.2) is 40.5 Å². The number of ether oxygens (including phenoxy) is 2. The van der Waals surface area contributed by atoms with Gasteiger partial charge in [-0.25, -0.2) is 14.4 Å². The summed E-state index contributed by atoms with van der Waals surface area (Å²) in [4.78, 5) is 37.2. The monoisotopic (exact) mass is 585 g/mol. The van der Waals surface area contributed by atoms with Crippen LogP contribution in [0.25, 0.3) is 0 Å². The first-order chi connectivity index (χ1) is 19.6. The molecule has 8 nitrogen and oxygen atoms in total. The summed E-state index contributed by atoms with van der Waals surface area (Å²) in [6.07, 6.45) is 9.08. The van der Waals surface area contributed by atoms with Crippen molar-refractivity contribution in [2.75, 3.05) is 0 Å². The normalized spacial score (nSPS) is 38.5. The summed E-state index contributed by atoms with van der Waals surface area (Å²) in [5.74, 6) is 0.742. The highest BCUT2D eigenvalue weighted by Gasteiger charge is 2.67. The molecule has 0 bridgehead atoms. The summed E-state index contributed by atoms with van der Waals surface area (Å²) in [7, 11) is 0. The number of hydrogen-bond acceptors (Lipinski definition) is 7. The third-order valence-corrected chi connectivity index (χ3v) is 11.8. The molecular formula is C34H51NO7. The van der Waals surface area contributed by atoms with Crippen molar-refractivity contribution in [3.63, 3.8) is 0 Å². The van der Waals surface area contributed by atoms with Crippen molar-refractivity contribution in [2.24, 2.45) is 34.5 Å². The largest absolute Gasteiger partial charge is 0.461 e. The van der Waals surface area contributed by atoms with Crippen LogP contribution in [0.4, 0.5) is 4.79 Å². The van der Waals surface area contributed by atoms with Crippen LogP contribution in [0.15, 0.2) is 27.6 Å². The number of rotatable bonds is 5. The Bertz CT molecular complexity index is 1210. The second kappa shape index (κ2) is 11.0. The van der Waals surface area contributed by atoms with Crippen molar-refractivity contribution < 1.29 is 28.6 Å². The number of hydrogen-bond donors (Lipinski definition) is 2. The summed E-state index contributed by atoms with van der Waals surface area (Å²) in [6.45, 7) is 13.8.